The standard InChI is InChI=1S/C11H23N3O/c1-9(2)14-8-7-13(10(14)15)6-5-11(3,4)12/h9H,5-8,12H2,1-4H3. The summed E-state index contributed by atoms with van der Waals surface area (Å²) in [5, 5.41) is 0. The van der Waals surface area contributed by atoms with Crippen LogP contribution < -0.4 is 5.73 Å². The highest BCUT2D eigenvalue weighted by Crippen LogP contribution is 2.14. The van der Waals surface area contributed by atoms with E-state index in [9.17, 15) is 4.79 Å². The van der Waals surface area contributed by atoms with Crippen LogP contribution in [0.3, 0.4) is 0 Å². The minimum Gasteiger partial charge on any atom is -0.325 e. The topological polar surface area (TPSA) is 49.6 Å². The zero-order valence-electron chi connectivity index (χ0n) is 10.3. The molecule has 4 nitrogen and oxygen atoms in total. The summed E-state index contributed by atoms with van der Waals surface area (Å²) in [6.07, 6.45) is 0.852. The Morgan fingerprint density at radius 2 is 2.00 bits per heavy atom. The van der Waals surface area contributed by atoms with Gasteiger partial charge < -0.3 is 15.5 Å². The number of amides is 2. The SMILES string of the molecule is CC(C)N1CCN(CCC(C)(C)N)C1=O. The molecule has 1 saturated heterocycles. The summed E-state index contributed by atoms with van der Waals surface area (Å²) in [4.78, 5) is 15.7. The number of carbonyl (C=O) groups is 1. The van der Waals surface area contributed by atoms with Gasteiger partial charge in [-0.05, 0) is 34.1 Å². The molecule has 0 unspecified atom stereocenters. The molecule has 0 spiro atoms. The van der Waals surface area contributed by atoms with Crippen LogP contribution in [0.2, 0.25) is 0 Å². The minimum atomic E-state index is -0.189. The lowest BCUT2D eigenvalue weighted by Gasteiger charge is -2.24. The Labute approximate surface area is 92.4 Å². The Balaban J connectivity index is 2.43. The first-order valence-electron chi connectivity index (χ1n) is 5.66. The average molecular weight is 213 g/mol. The van der Waals surface area contributed by atoms with Crippen molar-refractivity contribution < 1.29 is 4.79 Å². The van der Waals surface area contributed by atoms with Crippen molar-refractivity contribution in [3.05, 3.63) is 0 Å². The molecule has 2 N–H and O–H groups in total. The van der Waals surface area contributed by atoms with Gasteiger partial charge in [0.15, 0.2) is 0 Å². The third-order valence-electron chi connectivity index (χ3n) is 2.78. The smallest absolute Gasteiger partial charge is 0.320 e. The number of hydrogen-bond donors (Lipinski definition) is 1. The molecule has 1 aliphatic heterocycles. The summed E-state index contributed by atoms with van der Waals surface area (Å²) in [7, 11) is 0. The van der Waals surface area contributed by atoms with Crippen LogP contribution in [0.5, 0.6) is 0 Å². The first kappa shape index (κ1) is 12.3. The lowest BCUT2D eigenvalue weighted by molar-refractivity contribution is 0.180. The third-order valence-corrected chi connectivity index (χ3v) is 2.78. The molecule has 88 valence electrons. The Hall–Kier alpha value is -0.770. The summed E-state index contributed by atoms with van der Waals surface area (Å²) in [5.41, 5.74) is 5.71. The van der Waals surface area contributed by atoms with E-state index in [0.29, 0.717) is 6.04 Å². The van der Waals surface area contributed by atoms with Gasteiger partial charge in [0.2, 0.25) is 0 Å². The molecule has 1 fully saturated rings. The number of rotatable bonds is 4. The molecule has 15 heavy (non-hydrogen) atoms. The van der Waals surface area contributed by atoms with E-state index in [0.717, 1.165) is 26.1 Å². The fraction of sp³-hybridized carbons (Fsp3) is 0.909. The van der Waals surface area contributed by atoms with Gasteiger partial charge in [0.25, 0.3) is 0 Å². The van der Waals surface area contributed by atoms with E-state index < -0.39 is 0 Å². The van der Waals surface area contributed by atoms with Gasteiger partial charge in [0, 0.05) is 31.2 Å². The molecule has 1 aliphatic rings. The van der Waals surface area contributed by atoms with Gasteiger partial charge in [-0.3, -0.25) is 0 Å². The fourth-order valence-corrected chi connectivity index (χ4v) is 1.71. The second-order valence-corrected chi connectivity index (χ2v) is 5.30. The van der Waals surface area contributed by atoms with Gasteiger partial charge in [-0.2, -0.15) is 0 Å². The first-order valence-corrected chi connectivity index (χ1v) is 5.66. The normalized spacial score (nSPS) is 18.1. The van der Waals surface area contributed by atoms with Crippen molar-refractivity contribution in [2.24, 2.45) is 5.73 Å². The molecular weight excluding hydrogens is 190 g/mol. The summed E-state index contributed by atoms with van der Waals surface area (Å²) in [5.74, 6) is 0. The summed E-state index contributed by atoms with van der Waals surface area (Å²) in [6.45, 7) is 10.5. The Morgan fingerprint density at radius 3 is 2.40 bits per heavy atom. The van der Waals surface area contributed by atoms with Gasteiger partial charge in [-0.1, -0.05) is 0 Å². The van der Waals surface area contributed by atoms with E-state index in [1.54, 1.807) is 0 Å². The largest absolute Gasteiger partial charge is 0.325 e. The van der Waals surface area contributed by atoms with Crippen molar-refractivity contribution in [2.45, 2.75) is 45.7 Å². The van der Waals surface area contributed by atoms with E-state index in [2.05, 4.69) is 0 Å². The molecule has 0 bridgehead atoms. The zero-order valence-corrected chi connectivity index (χ0v) is 10.3. The van der Waals surface area contributed by atoms with Crippen molar-refractivity contribution >= 4 is 6.03 Å². The van der Waals surface area contributed by atoms with E-state index in [1.165, 1.54) is 0 Å². The van der Waals surface area contributed by atoms with E-state index in [4.69, 9.17) is 5.73 Å². The van der Waals surface area contributed by atoms with Gasteiger partial charge in [-0.15, -0.1) is 0 Å². The first-order chi connectivity index (χ1) is 6.81. The Morgan fingerprint density at radius 1 is 1.40 bits per heavy atom. The van der Waals surface area contributed by atoms with Gasteiger partial charge in [0.05, 0.1) is 0 Å². The van der Waals surface area contributed by atoms with Gasteiger partial charge in [0.1, 0.15) is 0 Å². The van der Waals surface area contributed by atoms with Gasteiger partial charge in [-0.25, -0.2) is 4.79 Å². The monoisotopic (exact) mass is 213 g/mol. The van der Waals surface area contributed by atoms with Crippen LogP contribution >= 0.6 is 0 Å². The van der Waals surface area contributed by atoms with Crippen LogP contribution in [0.15, 0.2) is 0 Å². The van der Waals surface area contributed by atoms with Crippen LogP contribution in [0.1, 0.15) is 34.1 Å². The lowest BCUT2D eigenvalue weighted by Crippen LogP contribution is -2.40. The average Bonchev–Trinajstić information content (AvgIpc) is 2.42. The van der Waals surface area contributed by atoms with E-state index in [-0.39, 0.29) is 11.6 Å². The molecule has 0 atom stereocenters. The fourth-order valence-electron chi connectivity index (χ4n) is 1.71. The summed E-state index contributed by atoms with van der Waals surface area (Å²) < 4.78 is 0. The molecule has 0 aromatic heterocycles. The Kier molecular flexibility index (Phi) is 3.60. The highest BCUT2D eigenvalue weighted by Gasteiger charge is 2.30. The van der Waals surface area contributed by atoms with Gasteiger partial charge >= 0.3 is 6.03 Å². The summed E-state index contributed by atoms with van der Waals surface area (Å²) in [6, 6.07) is 0.461. The Bertz CT molecular complexity index is 232. The van der Waals surface area contributed by atoms with E-state index in [1.807, 2.05) is 37.5 Å². The lowest BCUT2D eigenvalue weighted by atomic mass is 10.0. The molecule has 1 rings (SSSR count). The number of nitrogens with two attached hydrogens (primary N) is 1. The van der Waals surface area contributed by atoms with Crippen LogP contribution in [0, 0.1) is 0 Å². The second-order valence-electron chi connectivity index (χ2n) is 5.30. The zero-order chi connectivity index (χ0) is 11.6. The maximum atomic E-state index is 11.9. The minimum absolute atomic E-state index is 0.161. The van der Waals surface area contributed by atoms with Crippen LogP contribution in [0.25, 0.3) is 0 Å². The van der Waals surface area contributed by atoms with Crippen molar-refractivity contribution in [3.8, 4) is 0 Å². The number of nitrogens with zero attached hydrogens (tertiary/aromatic N) is 2. The van der Waals surface area contributed by atoms with Crippen molar-refractivity contribution in [2.75, 3.05) is 19.6 Å². The number of hydrogen-bond acceptors (Lipinski definition) is 2. The third kappa shape index (κ3) is 3.38. The maximum absolute atomic E-state index is 11.9. The molecule has 0 saturated carbocycles. The molecule has 2 amide bonds. The van der Waals surface area contributed by atoms with Crippen LogP contribution in [0.4, 0.5) is 4.79 Å². The molecule has 0 aromatic carbocycles. The molecular formula is C11H23N3O. The number of carbonyl (C=O) groups excluding carboxylic acids is 1. The van der Waals surface area contributed by atoms with Crippen molar-refractivity contribution in [1.29, 1.82) is 0 Å². The number of urea groups is 1. The maximum Gasteiger partial charge on any atom is 0.320 e. The molecule has 0 aromatic rings. The molecule has 4 heteroatoms. The highest BCUT2D eigenvalue weighted by molar-refractivity contribution is 5.76. The summed E-state index contributed by atoms with van der Waals surface area (Å²) >= 11 is 0. The predicted octanol–water partition coefficient (Wildman–Crippen LogP) is 1.26. The van der Waals surface area contributed by atoms with Crippen LogP contribution in [-0.4, -0.2) is 47.0 Å². The second kappa shape index (κ2) is 4.39. The molecule has 0 aliphatic carbocycles. The van der Waals surface area contributed by atoms with Crippen LogP contribution in [-0.2, 0) is 0 Å². The van der Waals surface area contributed by atoms with E-state index >= 15 is 0 Å². The van der Waals surface area contributed by atoms with Crippen molar-refractivity contribution in [1.82, 2.24) is 9.80 Å². The highest BCUT2D eigenvalue weighted by atomic mass is 16.2. The molecule has 1 heterocycles. The van der Waals surface area contributed by atoms with Crippen molar-refractivity contribution in [3.63, 3.8) is 0 Å². The molecule has 0 radical (unpaired) electrons. The predicted molar refractivity (Wildman–Crippen MR) is 61.7 cm³/mol. The quantitative estimate of drug-likeness (QED) is 0.764.